The number of carbonyl (C=O) groups is 1. The summed E-state index contributed by atoms with van der Waals surface area (Å²) in [5, 5.41) is 16.8. The molecule has 0 aliphatic heterocycles. The summed E-state index contributed by atoms with van der Waals surface area (Å²) in [4.78, 5) is 18.9. The number of nitrogens with one attached hydrogen (secondary N) is 1. The molecule has 4 rings (SSSR count). The maximum Gasteiger partial charge on any atom is 0.234 e. The van der Waals surface area contributed by atoms with Crippen LogP contribution in [0.4, 0.5) is 11.4 Å². The van der Waals surface area contributed by atoms with E-state index in [1.54, 1.807) is 29.2 Å². The molecule has 0 radical (unpaired) electrons. The molecule has 0 spiro atoms. The molecule has 1 N–H and O–H groups in total. The number of amides is 1. The van der Waals surface area contributed by atoms with Gasteiger partial charge in [-0.25, -0.2) is 9.67 Å². The minimum Gasteiger partial charge on any atom is -0.372 e. The highest BCUT2D eigenvalue weighted by atomic mass is 35.5. The van der Waals surface area contributed by atoms with Gasteiger partial charge in [0, 0.05) is 36.4 Å². The lowest BCUT2D eigenvalue weighted by Gasteiger charge is -2.21. The number of hydrogen-bond acceptors (Lipinski definition) is 7. The van der Waals surface area contributed by atoms with E-state index < -0.39 is 0 Å². The van der Waals surface area contributed by atoms with Crippen LogP contribution in [0.15, 0.2) is 60.3 Å². The molecule has 0 unspecified atom stereocenters. The third kappa shape index (κ3) is 5.23. The molecule has 0 saturated heterocycles. The SMILES string of the molecule is CCN(CC)c1ccc(-c2nnc(SCC(=O)Nc3cc(Cl)ccc3-n3cncn3)n2C)cc1. The molecule has 4 aromatic rings. The number of benzene rings is 2. The van der Waals surface area contributed by atoms with Gasteiger partial charge in [-0.1, -0.05) is 23.4 Å². The Hall–Kier alpha value is -3.37. The van der Waals surface area contributed by atoms with Crippen molar-refractivity contribution in [2.24, 2.45) is 7.05 Å². The standard InChI is InChI=1S/C23H25ClN8OS/c1-4-31(5-2)18-9-6-16(7-10-18)22-28-29-23(30(22)3)34-13-21(33)27-19-12-17(24)8-11-20(19)32-15-25-14-26-32/h6-12,14-15H,4-5,13H2,1-3H3,(H,27,33). The molecule has 0 fully saturated rings. The first-order chi connectivity index (χ1) is 16.5. The van der Waals surface area contributed by atoms with Crippen molar-refractivity contribution in [3.8, 4) is 17.1 Å². The molecule has 2 heterocycles. The van der Waals surface area contributed by atoms with Crippen molar-refractivity contribution in [3.63, 3.8) is 0 Å². The minimum absolute atomic E-state index is 0.163. The van der Waals surface area contributed by atoms with E-state index in [4.69, 9.17) is 11.6 Å². The second-order valence-corrected chi connectivity index (χ2v) is 8.80. The molecule has 1 amide bonds. The van der Waals surface area contributed by atoms with Crippen LogP contribution in [0.5, 0.6) is 0 Å². The lowest BCUT2D eigenvalue weighted by molar-refractivity contribution is -0.113. The van der Waals surface area contributed by atoms with Crippen LogP contribution < -0.4 is 10.2 Å². The first kappa shape index (κ1) is 23.8. The predicted octanol–water partition coefficient (Wildman–Crippen LogP) is 4.29. The van der Waals surface area contributed by atoms with Crippen molar-refractivity contribution in [2.45, 2.75) is 19.0 Å². The average Bonchev–Trinajstić information content (AvgIpc) is 3.49. The molecule has 2 aromatic carbocycles. The minimum atomic E-state index is -0.193. The Kier molecular flexibility index (Phi) is 7.49. The maximum atomic E-state index is 12.7. The van der Waals surface area contributed by atoms with Crippen LogP contribution in [0.25, 0.3) is 17.1 Å². The number of anilines is 2. The maximum absolute atomic E-state index is 12.7. The van der Waals surface area contributed by atoms with Crippen LogP contribution >= 0.6 is 23.4 Å². The van der Waals surface area contributed by atoms with Gasteiger partial charge in [-0.3, -0.25) is 4.79 Å². The lowest BCUT2D eigenvalue weighted by Crippen LogP contribution is -2.21. The summed E-state index contributed by atoms with van der Waals surface area (Å²) in [6.45, 7) is 6.19. The van der Waals surface area contributed by atoms with Crippen LogP contribution in [0.1, 0.15) is 13.8 Å². The second kappa shape index (κ2) is 10.7. The van der Waals surface area contributed by atoms with Gasteiger partial charge in [-0.2, -0.15) is 5.10 Å². The normalized spacial score (nSPS) is 10.9. The average molecular weight is 497 g/mol. The van der Waals surface area contributed by atoms with Gasteiger partial charge >= 0.3 is 0 Å². The molecule has 0 saturated carbocycles. The van der Waals surface area contributed by atoms with Gasteiger partial charge in [-0.05, 0) is 56.3 Å². The third-order valence-electron chi connectivity index (χ3n) is 5.32. The topological polar surface area (TPSA) is 93.8 Å². The Bertz CT molecular complexity index is 1250. The highest BCUT2D eigenvalue weighted by Crippen LogP contribution is 2.27. The van der Waals surface area contributed by atoms with Crippen molar-refractivity contribution in [1.29, 1.82) is 0 Å². The van der Waals surface area contributed by atoms with Gasteiger partial charge in [0.25, 0.3) is 0 Å². The quantitative estimate of drug-likeness (QED) is 0.345. The molecular weight excluding hydrogens is 472 g/mol. The molecule has 0 aliphatic carbocycles. The number of halogens is 1. The van der Waals surface area contributed by atoms with Crippen LogP contribution in [0.3, 0.4) is 0 Å². The van der Waals surface area contributed by atoms with E-state index >= 15 is 0 Å². The summed E-state index contributed by atoms with van der Waals surface area (Å²) in [5.41, 5.74) is 3.37. The smallest absolute Gasteiger partial charge is 0.234 e. The largest absolute Gasteiger partial charge is 0.372 e. The van der Waals surface area contributed by atoms with Crippen LogP contribution in [-0.4, -0.2) is 54.3 Å². The zero-order chi connectivity index (χ0) is 24.1. The van der Waals surface area contributed by atoms with Crippen LogP contribution in [-0.2, 0) is 11.8 Å². The summed E-state index contributed by atoms with van der Waals surface area (Å²) in [6.07, 6.45) is 2.99. The van der Waals surface area contributed by atoms with Gasteiger partial charge in [0.15, 0.2) is 11.0 Å². The highest BCUT2D eigenvalue weighted by Gasteiger charge is 2.15. The fourth-order valence-electron chi connectivity index (χ4n) is 3.56. The Balaban J connectivity index is 1.43. The lowest BCUT2D eigenvalue weighted by atomic mass is 10.2. The Morgan fingerprint density at radius 1 is 1.12 bits per heavy atom. The van der Waals surface area contributed by atoms with E-state index in [1.165, 1.54) is 23.8 Å². The number of nitrogens with zero attached hydrogens (tertiary/aromatic N) is 7. The number of rotatable bonds is 9. The zero-order valence-corrected chi connectivity index (χ0v) is 20.7. The van der Waals surface area contributed by atoms with Gasteiger partial charge in [0.1, 0.15) is 12.7 Å². The molecule has 0 bridgehead atoms. The first-order valence-electron chi connectivity index (χ1n) is 10.8. The number of carbonyl (C=O) groups excluding carboxylic acids is 1. The fraction of sp³-hybridized carbons (Fsp3) is 0.261. The number of aromatic nitrogens is 6. The Labute approximate surface area is 207 Å². The van der Waals surface area contributed by atoms with Gasteiger partial charge in [0.05, 0.1) is 17.1 Å². The first-order valence-corrected chi connectivity index (χ1v) is 12.2. The van der Waals surface area contributed by atoms with E-state index in [1.807, 2.05) is 23.7 Å². The second-order valence-electron chi connectivity index (χ2n) is 7.42. The van der Waals surface area contributed by atoms with Crippen molar-refractivity contribution < 1.29 is 4.79 Å². The summed E-state index contributed by atoms with van der Waals surface area (Å²) in [7, 11) is 1.90. The molecule has 176 valence electrons. The zero-order valence-electron chi connectivity index (χ0n) is 19.1. The Morgan fingerprint density at radius 2 is 1.88 bits per heavy atom. The molecule has 11 heteroatoms. The van der Waals surface area contributed by atoms with Crippen molar-refractivity contribution in [1.82, 2.24) is 29.5 Å². The molecule has 0 atom stereocenters. The summed E-state index contributed by atoms with van der Waals surface area (Å²) in [6, 6.07) is 13.5. The predicted molar refractivity (Wildman–Crippen MR) is 136 cm³/mol. The van der Waals surface area contributed by atoms with Crippen molar-refractivity contribution in [2.75, 3.05) is 29.1 Å². The van der Waals surface area contributed by atoms with E-state index in [0.717, 1.165) is 24.5 Å². The molecular formula is C23H25ClN8OS. The monoisotopic (exact) mass is 496 g/mol. The summed E-state index contributed by atoms with van der Waals surface area (Å²) in [5.74, 6) is 0.718. The van der Waals surface area contributed by atoms with Gasteiger partial charge in [0.2, 0.25) is 5.91 Å². The van der Waals surface area contributed by atoms with Gasteiger partial charge in [-0.15, -0.1) is 10.2 Å². The van der Waals surface area contributed by atoms with Gasteiger partial charge < -0.3 is 14.8 Å². The van der Waals surface area contributed by atoms with E-state index in [2.05, 4.69) is 56.5 Å². The molecule has 34 heavy (non-hydrogen) atoms. The summed E-state index contributed by atoms with van der Waals surface area (Å²) < 4.78 is 3.46. The van der Waals surface area contributed by atoms with E-state index in [0.29, 0.717) is 21.6 Å². The number of hydrogen-bond donors (Lipinski definition) is 1. The number of thioether (sulfide) groups is 1. The third-order valence-corrected chi connectivity index (χ3v) is 6.57. The van der Waals surface area contributed by atoms with Crippen molar-refractivity contribution >= 4 is 40.6 Å². The summed E-state index contributed by atoms with van der Waals surface area (Å²) >= 11 is 7.45. The van der Waals surface area contributed by atoms with Crippen LogP contribution in [0, 0.1) is 0 Å². The fourth-order valence-corrected chi connectivity index (χ4v) is 4.44. The Morgan fingerprint density at radius 3 is 2.56 bits per heavy atom. The highest BCUT2D eigenvalue weighted by molar-refractivity contribution is 7.99. The molecule has 0 aliphatic rings. The van der Waals surface area contributed by atoms with Crippen LogP contribution in [0.2, 0.25) is 5.02 Å². The van der Waals surface area contributed by atoms with Crippen molar-refractivity contribution in [3.05, 3.63) is 60.1 Å². The van der Waals surface area contributed by atoms with E-state index in [-0.39, 0.29) is 11.7 Å². The van der Waals surface area contributed by atoms with E-state index in [9.17, 15) is 4.79 Å². The molecule has 9 nitrogen and oxygen atoms in total. The molecule has 2 aromatic heterocycles.